The molecule has 0 aliphatic rings. The molecule has 2 nitrogen and oxygen atoms in total. The molecule has 0 aliphatic heterocycles. The highest BCUT2D eigenvalue weighted by Crippen LogP contribution is 2.20. The van der Waals surface area contributed by atoms with Crippen molar-refractivity contribution in [3.05, 3.63) is 35.9 Å². The fraction of sp³-hybridized carbons (Fsp3) is 0.625. The van der Waals surface area contributed by atoms with Gasteiger partial charge in [0, 0.05) is 0 Å². The van der Waals surface area contributed by atoms with Gasteiger partial charge >= 0.3 is 0 Å². The Balaban J connectivity index is 2.37. The Kier molecular flexibility index (Phi) is 8.53. The molecule has 1 rings (SSSR count). The van der Waals surface area contributed by atoms with E-state index in [0.29, 0.717) is 0 Å². The Morgan fingerprint density at radius 1 is 0.778 bits per heavy atom. The fourth-order valence-electron chi connectivity index (χ4n) is 2.45. The highest BCUT2D eigenvalue weighted by atomic mass is 14.5. The summed E-state index contributed by atoms with van der Waals surface area (Å²) >= 11 is 0. The molecule has 0 atom stereocenters. The van der Waals surface area contributed by atoms with Crippen LogP contribution >= 0.6 is 0 Å². The molecule has 0 radical (unpaired) electrons. The van der Waals surface area contributed by atoms with E-state index < -0.39 is 0 Å². The van der Waals surface area contributed by atoms with E-state index in [1.165, 1.54) is 37.7 Å². The van der Waals surface area contributed by atoms with Gasteiger partial charge in [-0.1, -0.05) is 56.0 Å². The Labute approximate surface area is 112 Å². The van der Waals surface area contributed by atoms with Crippen molar-refractivity contribution in [2.75, 3.05) is 13.1 Å². The maximum Gasteiger partial charge on any atom is -0.00773 e. The van der Waals surface area contributed by atoms with Crippen LogP contribution in [0, 0.1) is 5.92 Å². The van der Waals surface area contributed by atoms with E-state index >= 15 is 0 Å². The van der Waals surface area contributed by atoms with Crippen molar-refractivity contribution in [2.24, 2.45) is 17.4 Å². The van der Waals surface area contributed by atoms with Gasteiger partial charge in [0.15, 0.2) is 0 Å². The molecule has 1 aromatic rings. The SMILES string of the molecule is NCCCCC(CCCCN)Cc1ccccc1. The van der Waals surface area contributed by atoms with Crippen molar-refractivity contribution in [2.45, 2.75) is 44.9 Å². The van der Waals surface area contributed by atoms with Crippen LogP contribution in [0.2, 0.25) is 0 Å². The van der Waals surface area contributed by atoms with E-state index in [4.69, 9.17) is 11.5 Å². The second kappa shape index (κ2) is 10.1. The minimum atomic E-state index is 0.797. The van der Waals surface area contributed by atoms with Gasteiger partial charge in [0.1, 0.15) is 0 Å². The molecule has 0 aliphatic carbocycles. The van der Waals surface area contributed by atoms with Crippen LogP contribution in [0.15, 0.2) is 30.3 Å². The molecule has 0 heterocycles. The summed E-state index contributed by atoms with van der Waals surface area (Å²) in [6.07, 6.45) is 8.64. The third-order valence-electron chi connectivity index (χ3n) is 3.50. The monoisotopic (exact) mass is 248 g/mol. The summed E-state index contributed by atoms with van der Waals surface area (Å²) in [7, 11) is 0. The number of unbranched alkanes of at least 4 members (excludes halogenated alkanes) is 2. The van der Waals surface area contributed by atoms with Gasteiger partial charge in [-0.3, -0.25) is 0 Å². The molecule has 0 amide bonds. The molecule has 0 fully saturated rings. The van der Waals surface area contributed by atoms with Crippen molar-refractivity contribution in [3.63, 3.8) is 0 Å². The minimum Gasteiger partial charge on any atom is -0.330 e. The van der Waals surface area contributed by atoms with Crippen LogP contribution in [0.1, 0.15) is 44.1 Å². The van der Waals surface area contributed by atoms with Gasteiger partial charge in [-0.15, -0.1) is 0 Å². The zero-order chi connectivity index (χ0) is 13.1. The Morgan fingerprint density at radius 3 is 1.83 bits per heavy atom. The van der Waals surface area contributed by atoms with Crippen LogP contribution in [0.25, 0.3) is 0 Å². The molecule has 0 aromatic heterocycles. The molecule has 0 spiro atoms. The molecule has 2 heteroatoms. The third kappa shape index (κ3) is 6.77. The van der Waals surface area contributed by atoms with Crippen molar-refractivity contribution in [1.82, 2.24) is 0 Å². The van der Waals surface area contributed by atoms with Crippen molar-refractivity contribution >= 4 is 0 Å². The zero-order valence-electron chi connectivity index (χ0n) is 11.5. The van der Waals surface area contributed by atoms with Crippen LogP contribution < -0.4 is 11.5 Å². The van der Waals surface area contributed by atoms with Crippen molar-refractivity contribution in [1.29, 1.82) is 0 Å². The highest BCUT2D eigenvalue weighted by molar-refractivity contribution is 5.15. The summed E-state index contributed by atoms with van der Waals surface area (Å²) in [5, 5.41) is 0. The summed E-state index contributed by atoms with van der Waals surface area (Å²) < 4.78 is 0. The second-order valence-corrected chi connectivity index (χ2v) is 5.12. The van der Waals surface area contributed by atoms with Gasteiger partial charge in [-0.05, 0) is 43.8 Å². The molecular weight excluding hydrogens is 220 g/mol. The topological polar surface area (TPSA) is 52.0 Å². The maximum atomic E-state index is 5.57. The first kappa shape index (κ1) is 15.2. The lowest BCUT2D eigenvalue weighted by Gasteiger charge is -2.16. The van der Waals surface area contributed by atoms with Gasteiger partial charge < -0.3 is 11.5 Å². The quantitative estimate of drug-likeness (QED) is 0.625. The normalized spacial score (nSPS) is 11.1. The summed E-state index contributed by atoms with van der Waals surface area (Å²) in [6.45, 7) is 1.64. The number of rotatable bonds is 10. The third-order valence-corrected chi connectivity index (χ3v) is 3.50. The van der Waals surface area contributed by atoms with Crippen molar-refractivity contribution in [3.8, 4) is 0 Å². The van der Waals surface area contributed by atoms with E-state index in [1.807, 2.05) is 0 Å². The van der Waals surface area contributed by atoms with Crippen LogP contribution in [-0.2, 0) is 6.42 Å². The smallest absolute Gasteiger partial charge is 0.00773 e. The molecule has 1 aromatic carbocycles. The predicted molar refractivity (Wildman–Crippen MR) is 79.4 cm³/mol. The molecule has 102 valence electrons. The molecule has 0 saturated heterocycles. The van der Waals surface area contributed by atoms with E-state index in [0.717, 1.165) is 31.8 Å². The van der Waals surface area contributed by atoms with E-state index in [9.17, 15) is 0 Å². The second-order valence-electron chi connectivity index (χ2n) is 5.12. The highest BCUT2D eigenvalue weighted by Gasteiger charge is 2.09. The first-order valence-corrected chi connectivity index (χ1v) is 7.31. The lowest BCUT2D eigenvalue weighted by molar-refractivity contribution is 0.412. The van der Waals surface area contributed by atoms with Crippen LogP contribution in [-0.4, -0.2) is 13.1 Å². The number of hydrogen-bond acceptors (Lipinski definition) is 2. The van der Waals surface area contributed by atoms with Crippen molar-refractivity contribution < 1.29 is 0 Å². The summed E-state index contributed by atoms with van der Waals surface area (Å²) in [5.74, 6) is 0.797. The van der Waals surface area contributed by atoms with E-state index in [1.54, 1.807) is 0 Å². The standard InChI is InChI=1S/C16H28N2/c17-12-6-4-10-16(11-5-7-13-18)14-15-8-2-1-3-9-15/h1-3,8-9,16H,4-7,10-14,17-18H2. The zero-order valence-corrected chi connectivity index (χ0v) is 11.5. The van der Waals surface area contributed by atoms with Gasteiger partial charge in [0.2, 0.25) is 0 Å². The molecule has 0 unspecified atom stereocenters. The molecule has 0 bridgehead atoms. The lowest BCUT2D eigenvalue weighted by Crippen LogP contribution is -2.08. The molecular formula is C16H28N2. The number of benzene rings is 1. The number of nitrogens with two attached hydrogens (primary N) is 2. The van der Waals surface area contributed by atoms with E-state index in [2.05, 4.69) is 30.3 Å². The van der Waals surface area contributed by atoms with Crippen LogP contribution in [0.4, 0.5) is 0 Å². The average Bonchev–Trinajstić information content (AvgIpc) is 2.40. The van der Waals surface area contributed by atoms with Gasteiger partial charge in [0.05, 0.1) is 0 Å². The summed E-state index contributed by atoms with van der Waals surface area (Å²) in [5.41, 5.74) is 12.6. The van der Waals surface area contributed by atoms with Gasteiger partial charge in [-0.25, -0.2) is 0 Å². The maximum absolute atomic E-state index is 5.57. The lowest BCUT2D eigenvalue weighted by atomic mass is 9.89. The molecule has 0 saturated carbocycles. The first-order chi connectivity index (χ1) is 8.86. The first-order valence-electron chi connectivity index (χ1n) is 7.31. The van der Waals surface area contributed by atoms with Crippen LogP contribution in [0.5, 0.6) is 0 Å². The minimum absolute atomic E-state index is 0.797. The molecule has 4 N–H and O–H groups in total. The summed E-state index contributed by atoms with van der Waals surface area (Å²) in [4.78, 5) is 0. The average molecular weight is 248 g/mol. The number of hydrogen-bond donors (Lipinski definition) is 2. The van der Waals surface area contributed by atoms with Gasteiger partial charge in [-0.2, -0.15) is 0 Å². The predicted octanol–water partition coefficient (Wildman–Crippen LogP) is 3.10. The molecule has 18 heavy (non-hydrogen) atoms. The Bertz CT molecular complexity index is 274. The van der Waals surface area contributed by atoms with E-state index in [-0.39, 0.29) is 0 Å². The Hall–Kier alpha value is -0.860. The van der Waals surface area contributed by atoms with Crippen LogP contribution in [0.3, 0.4) is 0 Å². The Morgan fingerprint density at radius 2 is 1.33 bits per heavy atom. The largest absolute Gasteiger partial charge is 0.330 e. The fourth-order valence-corrected chi connectivity index (χ4v) is 2.45. The van der Waals surface area contributed by atoms with Gasteiger partial charge in [0.25, 0.3) is 0 Å². The summed E-state index contributed by atoms with van der Waals surface area (Å²) in [6, 6.07) is 10.8.